The number of aromatic nitrogens is 3. The van der Waals surface area contributed by atoms with Gasteiger partial charge in [-0.05, 0) is 73.7 Å². The van der Waals surface area contributed by atoms with Crippen molar-refractivity contribution in [3.05, 3.63) is 106 Å². The van der Waals surface area contributed by atoms with Gasteiger partial charge in [0.05, 0.1) is 15.9 Å². The predicted octanol–water partition coefficient (Wildman–Crippen LogP) is 6.25. The van der Waals surface area contributed by atoms with Crippen LogP contribution in [0.2, 0.25) is 0 Å². The Bertz CT molecular complexity index is 1410. The molecule has 0 saturated carbocycles. The molecule has 1 N–H and O–H groups in total. The van der Waals surface area contributed by atoms with Gasteiger partial charge in [0.25, 0.3) is 5.91 Å². The maximum Gasteiger partial charge on any atom is 0.256 e. The minimum atomic E-state index is -0.171. The zero-order chi connectivity index (χ0) is 22.9. The van der Waals surface area contributed by atoms with Gasteiger partial charge < -0.3 is 5.32 Å². The summed E-state index contributed by atoms with van der Waals surface area (Å²) in [4.78, 5) is 17.7. The van der Waals surface area contributed by atoms with Crippen molar-refractivity contribution in [3.63, 3.8) is 0 Å². The summed E-state index contributed by atoms with van der Waals surface area (Å²) in [6.45, 7) is 6.10. The summed E-state index contributed by atoms with van der Waals surface area (Å²) < 4.78 is 2.82. The van der Waals surface area contributed by atoms with Crippen LogP contribution in [0.5, 0.6) is 0 Å². The summed E-state index contributed by atoms with van der Waals surface area (Å²) in [6.07, 6.45) is 0.839. The third kappa shape index (κ3) is 4.43. The molecule has 164 valence electrons. The van der Waals surface area contributed by atoms with Gasteiger partial charge in [0, 0.05) is 11.6 Å². The van der Waals surface area contributed by atoms with Gasteiger partial charge in [0.1, 0.15) is 5.82 Å². The Hall–Kier alpha value is -3.77. The van der Waals surface area contributed by atoms with Gasteiger partial charge in [-0.1, -0.05) is 53.8 Å². The van der Waals surface area contributed by atoms with Gasteiger partial charge >= 0.3 is 0 Å². The van der Waals surface area contributed by atoms with Crippen molar-refractivity contribution in [2.45, 2.75) is 27.2 Å². The molecule has 0 aliphatic rings. The molecule has 5 rings (SSSR count). The van der Waals surface area contributed by atoms with E-state index >= 15 is 0 Å². The molecule has 0 fully saturated rings. The fraction of sp³-hybridized carbons (Fsp3) is 0.148. The zero-order valence-electron chi connectivity index (χ0n) is 18.8. The molecule has 2 heterocycles. The van der Waals surface area contributed by atoms with Crippen LogP contribution in [0, 0.1) is 20.8 Å². The quantitative estimate of drug-likeness (QED) is 0.343. The number of nitrogens with one attached hydrogen (secondary N) is 1. The average Bonchev–Trinajstić information content (AvgIpc) is 3.37. The van der Waals surface area contributed by atoms with Crippen molar-refractivity contribution in [3.8, 4) is 5.13 Å². The van der Waals surface area contributed by atoms with Crippen LogP contribution in [0.1, 0.15) is 38.3 Å². The number of hydrogen-bond acceptors (Lipinski definition) is 4. The first-order valence-electron chi connectivity index (χ1n) is 10.9. The Kier molecular flexibility index (Phi) is 5.52. The van der Waals surface area contributed by atoms with Gasteiger partial charge in [-0.15, -0.1) is 0 Å². The van der Waals surface area contributed by atoms with Crippen LogP contribution < -0.4 is 5.32 Å². The molecule has 0 atom stereocenters. The van der Waals surface area contributed by atoms with Crippen LogP contribution in [0.3, 0.4) is 0 Å². The largest absolute Gasteiger partial charge is 0.306 e. The number of anilines is 1. The first-order chi connectivity index (χ1) is 16.0. The molecular weight excluding hydrogens is 428 g/mol. The topological polar surface area (TPSA) is 59.8 Å². The maximum absolute atomic E-state index is 13.0. The number of hydrogen-bond donors (Lipinski definition) is 1. The normalized spacial score (nSPS) is 11.1. The van der Waals surface area contributed by atoms with E-state index in [2.05, 4.69) is 48.5 Å². The molecule has 0 aliphatic carbocycles. The van der Waals surface area contributed by atoms with Gasteiger partial charge in [-0.3, -0.25) is 4.79 Å². The number of rotatable bonds is 5. The van der Waals surface area contributed by atoms with Crippen LogP contribution >= 0.6 is 11.3 Å². The van der Waals surface area contributed by atoms with Crippen molar-refractivity contribution < 1.29 is 4.79 Å². The van der Waals surface area contributed by atoms with Crippen molar-refractivity contribution in [1.82, 2.24) is 14.8 Å². The summed E-state index contributed by atoms with van der Waals surface area (Å²) in [5.41, 5.74) is 7.22. The minimum Gasteiger partial charge on any atom is -0.306 e. The van der Waals surface area contributed by atoms with Crippen molar-refractivity contribution in [2.75, 3.05) is 5.32 Å². The third-order valence-corrected chi connectivity index (χ3v) is 6.71. The lowest BCUT2D eigenvalue weighted by molar-refractivity contribution is 0.102. The van der Waals surface area contributed by atoms with Crippen LogP contribution in [0.4, 0.5) is 5.82 Å². The highest BCUT2D eigenvalue weighted by Gasteiger charge is 2.16. The lowest BCUT2D eigenvalue weighted by atomic mass is 10.0. The van der Waals surface area contributed by atoms with Crippen LogP contribution in [0.15, 0.2) is 72.8 Å². The number of carbonyl (C=O) groups is 1. The smallest absolute Gasteiger partial charge is 0.256 e. The van der Waals surface area contributed by atoms with E-state index < -0.39 is 0 Å². The maximum atomic E-state index is 13.0. The van der Waals surface area contributed by atoms with Gasteiger partial charge in [-0.2, -0.15) is 9.78 Å². The number of fused-ring (bicyclic) bond motifs is 1. The lowest BCUT2D eigenvalue weighted by Crippen LogP contribution is -2.15. The molecule has 0 spiro atoms. The van der Waals surface area contributed by atoms with Crippen molar-refractivity contribution >= 4 is 33.3 Å². The van der Waals surface area contributed by atoms with E-state index in [1.807, 2.05) is 55.5 Å². The lowest BCUT2D eigenvalue weighted by Gasteiger charge is -2.07. The number of benzene rings is 3. The van der Waals surface area contributed by atoms with E-state index in [1.54, 1.807) is 16.0 Å². The highest BCUT2D eigenvalue weighted by molar-refractivity contribution is 7.20. The molecule has 1 amide bonds. The highest BCUT2D eigenvalue weighted by atomic mass is 32.1. The molecule has 0 radical (unpaired) electrons. The molecule has 3 aromatic carbocycles. The molecule has 5 aromatic rings. The van der Waals surface area contributed by atoms with Crippen LogP contribution in [-0.4, -0.2) is 20.7 Å². The number of amides is 1. The molecule has 0 unspecified atom stereocenters. The monoisotopic (exact) mass is 452 g/mol. The second-order valence-corrected chi connectivity index (χ2v) is 9.31. The van der Waals surface area contributed by atoms with E-state index in [-0.39, 0.29) is 5.91 Å². The van der Waals surface area contributed by atoms with E-state index in [9.17, 15) is 4.79 Å². The number of thiazole rings is 1. The van der Waals surface area contributed by atoms with Crippen molar-refractivity contribution in [1.29, 1.82) is 0 Å². The summed E-state index contributed by atoms with van der Waals surface area (Å²) in [7, 11) is 0. The SMILES string of the molecule is Cc1cc(NC(=O)c2ccc(Cc3ccccc3)cc2)n(-c2nc3cc(C)c(C)cc3s2)n1. The number of nitrogens with zero attached hydrogens (tertiary/aromatic N) is 3. The Labute approximate surface area is 196 Å². The Morgan fingerprint density at radius 3 is 2.36 bits per heavy atom. The number of aryl methyl sites for hydroxylation is 3. The second-order valence-electron chi connectivity index (χ2n) is 8.30. The molecule has 2 aromatic heterocycles. The predicted molar refractivity (Wildman–Crippen MR) is 135 cm³/mol. The summed E-state index contributed by atoms with van der Waals surface area (Å²) in [6, 6.07) is 24.1. The summed E-state index contributed by atoms with van der Waals surface area (Å²) in [5.74, 6) is 0.438. The first-order valence-corrected chi connectivity index (χ1v) is 11.7. The van der Waals surface area contributed by atoms with Crippen molar-refractivity contribution in [2.24, 2.45) is 0 Å². The van der Waals surface area contributed by atoms with Gasteiger partial charge in [0.2, 0.25) is 5.13 Å². The van der Waals surface area contributed by atoms with E-state index in [0.717, 1.165) is 27.5 Å². The fourth-order valence-corrected chi connectivity index (χ4v) is 4.80. The summed E-state index contributed by atoms with van der Waals surface area (Å²) in [5, 5.41) is 8.32. The van der Waals surface area contributed by atoms with Gasteiger partial charge in [0.15, 0.2) is 0 Å². The Morgan fingerprint density at radius 2 is 1.61 bits per heavy atom. The minimum absolute atomic E-state index is 0.171. The van der Waals surface area contributed by atoms with Crippen LogP contribution in [0.25, 0.3) is 15.3 Å². The molecule has 0 bridgehead atoms. The average molecular weight is 453 g/mol. The third-order valence-electron chi connectivity index (χ3n) is 5.71. The summed E-state index contributed by atoms with van der Waals surface area (Å²) >= 11 is 1.56. The van der Waals surface area contributed by atoms with E-state index in [1.165, 1.54) is 22.3 Å². The second kappa shape index (κ2) is 8.64. The Balaban J connectivity index is 1.37. The molecular formula is C27H24N4OS. The Morgan fingerprint density at radius 1 is 0.909 bits per heavy atom. The van der Waals surface area contributed by atoms with E-state index in [4.69, 9.17) is 4.98 Å². The van der Waals surface area contributed by atoms with Crippen LogP contribution in [-0.2, 0) is 6.42 Å². The highest BCUT2D eigenvalue weighted by Crippen LogP contribution is 2.29. The standard InChI is InChI=1S/C27H24N4OS/c1-17-13-23-24(14-18(17)2)33-27(28-23)31-25(15-19(3)30-31)29-26(32)22-11-9-21(10-12-22)16-20-7-5-4-6-8-20/h4-15H,16H2,1-3H3,(H,29,32). The molecule has 0 saturated heterocycles. The van der Waals surface area contributed by atoms with Gasteiger partial charge in [-0.25, -0.2) is 4.98 Å². The molecule has 5 nitrogen and oxygen atoms in total. The number of carbonyl (C=O) groups excluding carboxylic acids is 1. The zero-order valence-corrected chi connectivity index (χ0v) is 19.6. The fourth-order valence-electron chi connectivity index (χ4n) is 3.79. The molecule has 33 heavy (non-hydrogen) atoms. The van der Waals surface area contributed by atoms with E-state index in [0.29, 0.717) is 11.4 Å². The first kappa shape index (κ1) is 21.1. The molecule has 0 aliphatic heterocycles. The molecule has 6 heteroatoms.